The van der Waals surface area contributed by atoms with Crippen molar-refractivity contribution in [2.24, 2.45) is 0 Å². The van der Waals surface area contributed by atoms with Crippen molar-refractivity contribution in [2.75, 3.05) is 25.6 Å². The van der Waals surface area contributed by atoms with E-state index in [-0.39, 0.29) is 18.2 Å². The molecule has 0 saturated carbocycles. The first kappa shape index (κ1) is 36.6. The van der Waals surface area contributed by atoms with Gasteiger partial charge in [0.05, 0.1) is 31.0 Å². The number of carbonyl (C=O) groups excluding carboxylic acids is 3. The van der Waals surface area contributed by atoms with Crippen molar-refractivity contribution in [3.05, 3.63) is 87.9 Å². The quantitative estimate of drug-likeness (QED) is 0.187. The third-order valence-corrected chi connectivity index (χ3v) is 7.92. The van der Waals surface area contributed by atoms with Gasteiger partial charge in [-0.2, -0.15) is 0 Å². The average molecular weight is 681 g/mol. The SMILES string of the molecule is COC(=O)c1cc(Oc2ccc3c(c2)C[C@@H](N(C[C@@H](O)c2cccc(Cl)c2)C(=O)OC(C)(C)C)CC3)ccc1N(C)C(=O)OC(C)(C)C. The Morgan fingerprint density at radius 2 is 1.54 bits per heavy atom. The van der Waals surface area contributed by atoms with Gasteiger partial charge in [0.25, 0.3) is 0 Å². The van der Waals surface area contributed by atoms with Gasteiger partial charge in [0, 0.05) is 18.1 Å². The first-order valence-corrected chi connectivity index (χ1v) is 16.2. The summed E-state index contributed by atoms with van der Waals surface area (Å²) < 4.78 is 22.4. The zero-order chi connectivity index (χ0) is 35.4. The Balaban J connectivity index is 1.57. The number of esters is 1. The number of aliphatic hydroxyl groups is 1. The highest BCUT2D eigenvalue weighted by molar-refractivity contribution is 6.30. The number of anilines is 1. The monoisotopic (exact) mass is 680 g/mol. The Bertz CT molecular complexity index is 1640. The van der Waals surface area contributed by atoms with Crippen LogP contribution < -0.4 is 9.64 Å². The minimum absolute atomic E-state index is 0.0336. The smallest absolute Gasteiger partial charge is 0.414 e. The van der Waals surface area contributed by atoms with E-state index in [0.717, 1.165) is 11.1 Å². The molecule has 10 nitrogen and oxygen atoms in total. The predicted molar refractivity (Wildman–Crippen MR) is 184 cm³/mol. The standard InChI is InChI=1S/C37H45ClN2O8/c1-36(2,3)47-34(43)39(7)31-17-16-29(21-30(31)33(42)45-8)46-28-15-13-23-12-14-27(19-25(23)20-28)40(35(44)48-37(4,5)6)22-32(41)24-10-9-11-26(38)18-24/h9-11,13,15-18,20-21,27,32,41H,12,14,19,22H2,1-8H3/t27-,32+/m0/s1. The van der Waals surface area contributed by atoms with Gasteiger partial charge in [-0.25, -0.2) is 14.4 Å². The lowest BCUT2D eigenvalue weighted by atomic mass is 9.87. The lowest BCUT2D eigenvalue weighted by molar-refractivity contribution is 0.00193. The largest absolute Gasteiger partial charge is 0.465 e. The molecule has 48 heavy (non-hydrogen) atoms. The summed E-state index contributed by atoms with van der Waals surface area (Å²) in [6, 6.07) is 17.3. The summed E-state index contributed by atoms with van der Waals surface area (Å²) in [6.45, 7) is 10.7. The molecular weight excluding hydrogens is 636 g/mol. The second kappa shape index (κ2) is 14.9. The molecule has 1 aliphatic carbocycles. The van der Waals surface area contributed by atoms with Crippen molar-refractivity contribution in [3.63, 3.8) is 0 Å². The average Bonchev–Trinajstić information content (AvgIpc) is 3.00. The highest BCUT2D eigenvalue weighted by atomic mass is 35.5. The molecule has 11 heteroatoms. The number of rotatable bonds is 8. The number of halogens is 1. The van der Waals surface area contributed by atoms with Crippen LogP contribution in [0.25, 0.3) is 0 Å². The van der Waals surface area contributed by atoms with Crippen LogP contribution >= 0.6 is 11.6 Å². The van der Waals surface area contributed by atoms with Gasteiger partial charge in [-0.05, 0) is 120 Å². The molecule has 0 bridgehead atoms. The van der Waals surface area contributed by atoms with Crippen LogP contribution in [0.2, 0.25) is 5.02 Å². The Morgan fingerprint density at radius 1 is 0.896 bits per heavy atom. The normalized spacial score (nSPS) is 15.1. The molecule has 0 fully saturated rings. The molecule has 1 aliphatic rings. The van der Waals surface area contributed by atoms with Crippen LogP contribution in [0.5, 0.6) is 11.5 Å². The fraction of sp³-hybridized carbons (Fsp3) is 0.432. The van der Waals surface area contributed by atoms with Crippen LogP contribution in [0.1, 0.15) is 81.1 Å². The summed E-state index contributed by atoms with van der Waals surface area (Å²) in [4.78, 5) is 41.8. The van der Waals surface area contributed by atoms with Crippen molar-refractivity contribution in [1.29, 1.82) is 0 Å². The van der Waals surface area contributed by atoms with Gasteiger partial charge in [-0.3, -0.25) is 4.90 Å². The molecule has 2 amide bonds. The molecule has 0 spiro atoms. The zero-order valence-corrected chi connectivity index (χ0v) is 29.6. The van der Waals surface area contributed by atoms with E-state index < -0.39 is 35.5 Å². The Kier molecular flexibility index (Phi) is 11.3. The molecule has 0 radical (unpaired) electrons. The number of carbonyl (C=O) groups is 3. The van der Waals surface area contributed by atoms with E-state index in [4.69, 9.17) is 30.5 Å². The summed E-state index contributed by atoms with van der Waals surface area (Å²) in [5.41, 5.74) is 1.73. The molecule has 0 aromatic heterocycles. The Labute approximate surface area is 287 Å². The zero-order valence-electron chi connectivity index (χ0n) is 28.8. The second-order valence-electron chi connectivity index (χ2n) is 13.8. The van der Waals surface area contributed by atoms with Crippen molar-refractivity contribution in [3.8, 4) is 11.5 Å². The number of ether oxygens (including phenoxy) is 4. The van der Waals surface area contributed by atoms with Crippen LogP contribution in [0.3, 0.4) is 0 Å². The van der Waals surface area contributed by atoms with E-state index in [1.165, 1.54) is 25.1 Å². The van der Waals surface area contributed by atoms with Gasteiger partial charge in [-0.1, -0.05) is 29.8 Å². The van der Waals surface area contributed by atoms with Crippen molar-refractivity contribution < 1.29 is 38.4 Å². The maximum Gasteiger partial charge on any atom is 0.414 e. The van der Waals surface area contributed by atoms with Crippen LogP contribution in [-0.2, 0) is 27.1 Å². The summed E-state index contributed by atoms with van der Waals surface area (Å²) >= 11 is 6.17. The second-order valence-corrected chi connectivity index (χ2v) is 14.3. The van der Waals surface area contributed by atoms with Crippen molar-refractivity contribution in [1.82, 2.24) is 4.90 Å². The van der Waals surface area contributed by atoms with Gasteiger partial charge in [-0.15, -0.1) is 0 Å². The molecule has 0 saturated heterocycles. The highest BCUT2D eigenvalue weighted by Crippen LogP contribution is 2.34. The molecule has 3 aromatic rings. The van der Waals surface area contributed by atoms with E-state index in [2.05, 4.69) is 0 Å². The van der Waals surface area contributed by atoms with Crippen molar-refractivity contribution >= 4 is 35.4 Å². The first-order chi connectivity index (χ1) is 22.4. The number of hydrogen-bond acceptors (Lipinski definition) is 8. The molecule has 0 unspecified atom stereocenters. The van der Waals surface area contributed by atoms with E-state index in [1.807, 2.05) is 39.0 Å². The molecule has 1 N–H and O–H groups in total. The molecule has 258 valence electrons. The molecule has 3 aromatic carbocycles. The fourth-order valence-corrected chi connectivity index (χ4v) is 5.65. The van der Waals surface area contributed by atoms with Gasteiger partial charge in [0.2, 0.25) is 0 Å². The van der Waals surface area contributed by atoms with Gasteiger partial charge >= 0.3 is 18.2 Å². The number of hydrogen-bond donors (Lipinski definition) is 1. The molecule has 0 heterocycles. The number of methoxy groups -OCH3 is 1. The number of amides is 2. The molecule has 0 aliphatic heterocycles. The summed E-state index contributed by atoms with van der Waals surface area (Å²) in [5.74, 6) is 0.256. The maximum absolute atomic E-state index is 13.5. The molecule has 2 atom stereocenters. The summed E-state index contributed by atoms with van der Waals surface area (Å²) in [6.07, 6.45) is -0.174. The van der Waals surface area contributed by atoms with Gasteiger partial charge < -0.3 is 29.0 Å². The Morgan fingerprint density at radius 3 is 2.19 bits per heavy atom. The minimum atomic E-state index is -0.964. The number of aryl methyl sites for hydroxylation is 1. The number of aliphatic hydroxyl groups excluding tert-OH is 1. The van der Waals surface area contributed by atoms with E-state index >= 15 is 0 Å². The minimum Gasteiger partial charge on any atom is -0.465 e. The number of nitrogens with zero attached hydrogens (tertiary/aromatic N) is 2. The number of fused-ring (bicyclic) bond motifs is 1. The van der Waals surface area contributed by atoms with Crippen LogP contribution in [0.15, 0.2) is 60.7 Å². The topological polar surface area (TPSA) is 115 Å². The highest BCUT2D eigenvalue weighted by Gasteiger charge is 2.33. The third-order valence-electron chi connectivity index (χ3n) is 7.69. The van der Waals surface area contributed by atoms with Crippen molar-refractivity contribution in [2.45, 2.75) is 84.2 Å². The summed E-state index contributed by atoms with van der Waals surface area (Å²) in [7, 11) is 2.78. The Hall–Kier alpha value is -4.28. The lowest BCUT2D eigenvalue weighted by Crippen LogP contribution is -2.47. The van der Waals surface area contributed by atoms with Crippen LogP contribution in [0.4, 0.5) is 15.3 Å². The van der Waals surface area contributed by atoms with Crippen LogP contribution in [-0.4, -0.2) is 66.1 Å². The fourth-order valence-electron chi connectivity index (χ4n) is 5.45. The predicted octanol–water partition coefficient (Wildman–Crippen LogP) is 8.12. The van der Waals surface area contributed by atoms with E-state index in [0.29, 0.717) is 47.0 Å². The third kappa shape index (κ3) is 9.64. The molecular formula is C37H45ClN2O8. The number of benzene rings is 3. The van der Waals surface area contributed by atoms with E-state index in [1.54, 1.807) is 62.1 Å². The van der Waals surface area contributed by atoms with E-state index in [9.17, 15) is 19.5 Å². The first-order valence-electron chi connectivity index (χ1n) is 15.9. The van der Waals surface area contributed by atoms with Gasteiger partial charge in [0.1, 0.15) is 22.7 Å². The van der Waals surface area contributed by atoms with Gasteiger partial charge in [0.15, 0.2) is 0 Å². The molecule has 4 rings (SSSR count). The maximum atomic E-state index is 13.5. The lowest BCUT2D eigenvalue weighted by Gasteiger charge is -2.37. The summed E-state index contributed by atoms with van der Waals surface area (Å²) in [5, 5.41) is 11.6. The van der Waals surface area contributed by atoms with Crippen LogP contribution in [0, 0.1) is 0 Å².